The van der Waals surface area contributed by atoms with Gasteiger partial charge in [-0.2, -0.15) is 0 Å². The van der Waals surface area contributed by atoms with Crippen LogP contribution in [0.4, 0.5) is 0 Å². The number of hydrogen-bond acceptors (Lipinski definition) is 3. The fourth-order valence-corrected chi connectivity index (χ4v) is 7.21. The van der Waals surface area contributed by atoms with E-state index in [1.807, 2.05) is 6.07 Å². The summed E-state index contributed by atoms with van der Waals surface area (Å²) in [4.78, 5) is 10.3. The summed E-state index contributed by atoms with van der Waals surface area (Å²) >= 11 is 0. The maximum atomic E-state index is 6.61. The van der Waals surface area contributed by atoms with Gasteiger partial charge in [-0.15, -0.1) is 0 Å². The monoisotopic (exact) mass is 624 g/mol. The number of hydrogen-bond donors (Lipinski definition) is 0. The molecule has 3 heteroatoms. The number of furan rings is 1. The van der Waals surface area contributed by atoms with Crippen LogP contribution in [-0.4, -0.2) is 9.97 Å². The molecule has 0 aliphatic heterocycles. The highest BCUT2D eigenvalue weighted by Gasteiger charge is 2.18. The minimum Gasteiger partial charge on any atom is -0.455 e. The topological polar surface area (TPSA) is 38.9 Å². The average Bonchev–Trinajstić information content (AvgIpc) is 3.57. The predicted octanol–water partition coefficient (Wildman–Crippen LogP) is 12.5. The fraction of sp³-hybridized carbons (Fsp3) is 0. The molecule has 0 spiro atoms. The number of benzene rings is 8. The maximum Gasteiger partial charge on any atom is 0.160 e. The summed E-state index contributed by atoms with van der Waals surface area (Å²) in [6, 6.07) is 59.7. The first-order valence-electron chi connectivity index (χ1n) is 16.6. The Morgan fingerprint density at radius 3 is 1.92 bits per heavy atom. The van der Waals surface area contributed by atoms with Crippen molar-refractivity contribution in [3.63, 3.8) is 0 Å². The summed E-state index contributed by atoms with van der Waals surface area (Å²) in [5, 5.41) is 7.92. The van der Waals surface area contributed by atoms with Crippen molar-refractivity contribution in [3.05, 3.63) is 170 Å². The Labute approximate surface area is 282 Å². The molecule has 2 heterocycles. The van der Waals surface area contributed by atoms with Gasteiger partial charge >= 0.3 is 0 Å². The van der Waals surface area contributed by atoms with Gasteiger partial charge in [-0.25, -0.2) is 9.97 Å². The van der Waals surface area contributed by atoms with Crippen molar-refractivity contribution < 1.29 is 4.42 Å². The van der Waals surface area contributed by atoms with Gasteiger partial charge in [0.25, 0.3) is 0 Å². The van der Waals surface area contributed by atoms with Crippen LogP contribution in [0.3, 0.4) is 0 Å². The summed E-state index contributed by atoms with van der Waals surface area (Å²) in [6.45, 7) is 0. The molecule has 0 aliphatic rings. The quantitative estimate of drug-likeness (QED) is 0.196. The Morgan fingerprint density at radius 1 is 0.388 bits per heavy atom. The normalized spacial score (nSPS) is 11.7. The lowest BCUT2D eigenvalue weighted by atomic mass is 9.95. The zero-order valence-corrected chi connectivity index (χ0v) is 26.5. The number of para-hydroxylation sites is 1. The standard InChI is InChI=1S/C46H28N2O/c1-2-11-31(12-3-1)39-27-35-14-6-7-15-37(35)45-43(39)40-28-36(24-25-42(40)49-45)46-47-41-17-9-8-16-38(41)44(48-46)32-21-18-30(19-22-32)34-23-20-29-10-4-5-13-33(29)26-34/h1-28H. The molecule has 0 fully saturated rings. The molecule has 0 N–H and O–H groups in total. The van der Waals surface area contributed by atoms with E-state index in [2.05, 4.69) is 164 Å². The van der Waals surface area contributed by atoms with Crippen LogP contribution >= 0.6 is 0 Å². The maximum absolute atomic E-state index is 6.61. The fourth-order valence-electron chi connectivity index (χ4n) is 7.21. The molecule has 0 amide bonds. The minimum atomic E-state index is 0.686. The molecule has 228 valence electrons. The smallest absolute Gasteiger partial charge is 0.160 e. The van der Waals surface area contributed by atoms with E-state index in [0.717, 1.165) is 71.6 Å². The van der Waals surface area contributed by atoms with Crippen molar-refractivity contribution in [2.24, 2.45) is 0 Å². The van der Waals surface area contributed by atoms with E-state index in [9.17, 15) is 0 Å². The molecule has 0 aliphatic carbocycles. The lowest BCUT2D eigenvalue weighted by Crippen LogP contribution is -1.95. The van der Waals surface area contributed by atoms with Crippen molar-refractivity contribution in [1.29, 1.82) is 0 Å². The van der Waals surface area contributed by atoms with Gasteiger partial charge in [-0.3, -0.25) is 0 Å². The van der Waals surface area contributed by atoms with E-state index < -0.39 is 0 Å². The molecular weight excluding hydrogens is 597 g/mol. The molecule has 3 nitrogen and oxygen atoms in total. The van der Waals surface area contributed by atoms with Crippen LogP contribution in [0.1, 0.15) is 0 Å². The lowest BCUT2D eigenvalue weighted by Gasteiger charge is -2.11. The van der Waals surface area contributed by atoms with Gasteiger partial charge in [0.05, 0.1) is 11.2 Å². The highest BCUT2D eigenvalue weighted by molar-refractivity contribution is 6.21. The van der Waals surface area contributed by atoms with Crippen LogP contribution < -0.4 is 0 Å². The number of nitrogens with zero attached hydrogens (tertiary/aromatic N) is 2. The predicted molar refractivity (Wildman–Crippen MR) is 204 cm³/mol. The second kappa shape index (κ2) is 11.0. The number of aromatic nitrogens is 2. The molecular formula is C46H28N2O. The Morgan fingerprint density at radius 2 is 1.06 bits per heavy atom. The molecule has 10 aromatic rings. The Bertz CT molecular complexity index is 2870. The van der Waals surface area contributed by atoms with E-state index in [1.54, 1.807) is 0 Å². The summed E-state index contributed by atoms with van der Waals surface area (Å²) in [6.07, 6.45) is 0. The molecule has 0 bridgehead atoms. The molecule has 0 unspecified atom stereocenters. The van der Waals surface area contributed by atoms with Gasteiger partial charge < -0.3 is 4.42 Å². The second-order valence-corrected chi connectivity index (χ2v) is 12.6. The molecule has 49 heavy (non-hydrogen) atoms. The molecule has 2 aromatic heterocycles. The molecule has 0 saturated carbocycles. The molecule has 10 rings (SSSR count). The summed E-state index contributed by atoms with van der Waals surface area (Å²) in [5.41, 5.74) is 10.2. The molecule has 0 saturated heterocycles. The van der Waals surface area contributed by atoms with Crippen LogP contribution in [0.2, 0.25) is 0 Å². The van der Waals surface area contributed by atoms with Gasteiger partial charge in [0, 0.05) is 32.7 Å². The van der Waals surface area contributed by atoms with Crippen LogP contribution in [0, 0.1) is 0 Å². The third kappa shape index (κ3) is 4.59. The van der Waals surface area contributed by atoms with Gasteiger partial charge in [0.1, 0.15) is 11.2 Å². The van der Waals surface area contributed by atoms with Gasteiger partial charge in [-0.1, -0.05) is 133 Å². The minimum absolute atomic E-state index is 0.686. The van der Waals surface area contributed by atoms with E-state index in [-0.39, 0.29) is 0 Å². The SMILES string of the molecule is c1ccc(-c2cc3ccccc3c3oc4ccc(-c5nc(-c6ccc(-c7ccc8ccccc8c7)cc6)c6ccccc6n5)cc4c23)cc1. The Hall–Kier alpha value is -6.58. The molecule has 8 aromatic carbocycles. The third-order valence-electron chi connectivity index (χ3n) is 9.65. The summed E-state index contributed by atoms with van der Waals surface area (Å²) in [5.74, 6) is 0.686. The summed E-state index contributed by atoms with van der Waals surface area (Å²) < 4.78 is 6.61. The summed E-state index contributed by atoms with van der Waals surface area (Å²) in [7, 11) is 0. The largest absolute Gasteiger partial charge is 0.455 e. The van der Waals surface area contributed by atoms with Crippen molar-refractivity contribution >= 4 is 54.4 Å². The van der Waals surface area contributed by atoms with E-state index in [4.69, 9.17) is 14.4 Å². The first kappa shape index (κ1) is 27.5. The second-order valence-electron chi connectivity index (χ2n) is 12.6. The van der Waals surface area contributed by atoms with Crippen LogP contribution in [0.5, 0.6) is 0 Å². The van der Waals surface area contributed by atoms with Gasteiger partial charge in [-0.05, 0) is 74.8 Å². The Kier molecular flexibility index (Phi) is 6.18. The first-order valence-corrected chi connectivity index (χ1v) is 16.6. The van der Waals surface area contributed by atoms with Crippen molar-refractivity contribution in [2.75, 3.05) is 0 Å². The zero-order valence-electron chi connectivity index (χ0n) is 26.5. The van der Waals surface area contributed by atoms with Gasteiger partial charge in [0.15, 0.2) is 5.82 Å². The number of rotatable bonds is 4. The molecule has 0 radical (unpaired) electrons. The van der Waals surface area contributed by atoms with Crippen molar-refractivity contribution in [3.8, 4) is 44.9 Å². The zero-order chi connectivity index (χ0) is 32.3. The lowest BCUT2D eigenvalue weighted by molar-refractivity contribution is 0.673. The average molecular weight is 625 g/mol. The third-order valence-corrected chi connectivity index (χ3v) is 9.65. The highest BCUT2D eigenvalue weighted by atomic mass is 16.3. The van der Waals surface area contributed by atoms with Crippen LogP contribution in [0.15, 0.2) is 174 Å². The van der Waals surface area contributed by atoms with E-state index in [1.165, 1.54) is 21.9 Å². The Balaban J connectivity index is 1.13. The highest BCUT2D eigenvalue weighted by Crippen LogP contribution is 2.42. The van der Waals surface area contributed by atoms with E-state index in [0.29, 0.717) is 5.82 Å². The van der Waals surface area contributed by atoms with Crippen LogP contribution in [0.25, 0.3) is 99.3 Å². The number of fused-ring (bicyclic) bond motifs is 7. The first-order chi connectivity index (χ1) is 24.3. The van der Waals surface area contributed by atoms with Crippen LogP contribution in [-0.2, 0) is 0 Å². The van der Waals surface area contributed by atoms with Gasteiger partial charge in [0.2, 0.25) is 0 Å². The molecule has 0 atom stereocenters. The van der Waals surface area contributed by atoms with Crippen molar-refractivity contribution in [1.82, 2.24) is 9.97 Å². The van der Waals surface area contributed by atoms with Crippen molar-refractivity contribution in [2.45, 2.75) is 0 Å². The van der Waals surface area contributed by atoms with E-state index >= 15 is 0 Å².